The highest BCUT2D eigenvalue weighted by molar-refractivity contribution is 4.92. The fourth-order valence-electron chi connectivity index (χ4n) is 2.35. The first-order valence-electron chi connectivity index (χ1n) is 6.88. The van der Waals surface area contributed by atoms with Gasteiger partial charge in [-0.2, -0.15) is 0 Å². The van der Waals surface area contributed by atoms with Gasteiger partial charge in [0.1, 0.15) is 0 Å². The Morgan fingerprint density at radius 1 is 1.35 bits per heavy atom. The van der Waals surface area contributed by atoms with Crippen molar-refractivity contribution in [2.24, 2.45) is 0 Å². The Morgan fingerprint density at radius 3 is 2.65 bits per heavy atom. The van der Waals surface area contributed by atoms with Crippen molar-refractivity contribution in [3.8, 4) is 0 Å². The molecule has 0 aromatic heterocycles. The van der Waals surface area contributed by atoms with Crippen LogP contribution >= 0.6 is 0 Å². The Kier molecular flexibility index (Phi) is 6.78. The molecule has 1 aliphatic rings. The fraction of sp³-hybridized carbons (Fsp3) is 0.857. The average molecular weight is 240 g/mol. The minimum Gasteiger partial charge on any atom is -0.372 e. The number of nitrogens with zero attached hydrogens (tertiary/aromatic N) is 1. The average Bonchev–Trinajstić information content (AvgIpc) is 2.72. The predicted molar refractivity (Wildman–Crippen MR) is 73.4 cm³/mol. The molecule has 17 heavy (non-hydrogen) atoms. The monoisotopic (exact) mass is 240 g/mol. The first-order valence-corrected chi connectivity index (χ1v) is 6.88. The highest BCUT2D eigenvalue weighted by atomic mass is 16.5. The van der Waals surface area contributed by atoms with E-state index in [4.69, 9.17) is 4.74 Å². The van der Waals surface area contributed by atoms with Gasteiger partial charge in [0.15, 0.2) is 0 Å². The molecular formula is C14H28N2O. The molecule has 0 aliphatic carbocycles. The summed E-state index contributed by atoms with van der Waals surface area (Å²) >= 11 is 0. The van der Waals surface area contributed by atoms with E-state index in [0.717, 1.165) is 32.7 Å². The van der Waals surface area contributed by atoms with E-state index in [2.05, 4.69) is 37.6 Å². The molecule has 0 aromatic carbocycles. The zero-order valence-electron chi connectivity index (χ0n) is 11.7. The SMILES string of the molecule is C=C(C)CN(CC)CC1CCC(CNCC)O1. The molecule has 1 N–H and O–H groups in total. The highest BCUT2D eigenvalue weighted by Crippen LogP contribution is 2.20. The molecule has 1 aliphatic heterocycles. The first kappa shape index (κ1) is 14.7. The van der Waals surface area contributed by atoms with Gasteiger partial charge in [-0.15, -0.1) is 0 Å². The lowest BCUT2D eigenvalue weighted by Gasteiger charge is -2.24. The summed E-state index contributed by atoms with van der Waals surface area (Å²) in [6.45, 7) is 15.6. The second-order valence-electron chi connectivity index (χ2n) is 5.05. The Bertz CT molecular complexity index is 230. The van der Waals surface area contributed by atoms with Crippen molar-refractivity contribution in [3.63, 3.8) is 0 Å². The maximum absolute atomic E-state index is 6.04. The molecule has 1 heterocycles. The van der Waals surface area contributed by atoms with Crippen LogP contribution in [0.3, 0.4) is 0 Å². The van der Waals surface area contributed by atoms with Crippen molar-refractivity contribution in [2.75, 3.05) is 32.7 Å². The lowest BCUT2D eigenvalue weighted by molar-refractivity contribution is 0.0261. The summed E-state index contributed by atoms with van der Waals surface area (Å²) < 4.78 is 6.04. The van der Waals surface area contributed by atoms with Crippen LogP contribution in [0.4, 0.5) is 0 Å². The number of likely N-dealkylation sites (N-methyl/N-ethyl adjacent to an activating group) is 2. The van der Waals surface area contributed by atoms with Crippen molar-refractivity contribution >= 4 is 0 Å². The largest absolute Gasteiger partial charge is 0.372 e. The molecule has 0 saturated carbocycles. The Hall–Kier alpha value is -0.380. The van der Waals surface area contributed by atoms with E-state index in [1.807, 2.05) is 0 Å². The van der Waals surface area contributed by atoms with E-state index < -0.39 is 0 Å². The molecule has 0 aromatic rings. The van der Waals surface area contributed by atoms with Crippen molar-refractivity contribution in [1.82, 2.24) is 10.2 Å². The molecule has 1 fully saturated rings. The molecule has 3 nitrogen and oxygen atoms in total. The van der Waals surface area contributed by atoms with E-state index >= 15 is 0 Å². The second-order valence-corrected chi connectivity index (χ2v) is 5.05. The number of rotatable bonds is 8. The summed E-state index contributed by atoms with van der Waals surface area (Å²) in [5.74, 6) is 0. The molecule has 2 atom stereocenters. The van der Waals surface area contributed by atoms with E-state index in [1.54, 1.807) is 0 Å². The van der Waals surface area contributed by atoms with Gasteiger partial charge >= 0.3 is 0 Å². The van der Waals surface area contributed by atoms with Crippen molar-refractivity contribution < 1.29 is 4.74 Å². The molecule has 0 bridgehead atoms. The summed E-state index contributed by atoms with van der Waals surface area (Å²) in [5.41, 5.74) is 1.23. The lowest BCUT2D eigenvalue weighted by atomic mass is 10.2. The normalized spacial score (nSPS) is 24.5. The summed E-state index contributed by atoms with van der Waals surface area (Å²) in [6, 6.07) is 0. The topological polar surface area (TPSA) is 24.5 Å². The highest BCUT2D eigenvalue weighted by Gasteiger charge is 2.25. The minimum atomic E-state index is 0.415. The molecule has 1 rings (SSSR count). The van der Waals surface area contributed by atoms with Crippen molar-refractivity contribution in [1.29, 1.82) is 0 Å². The first-order chi connectivity index (χ1) is 8.15. The molecule has 0 amide bonds. The van der Waals surface area contributed by atoms with E-state index in [0.29, 0.717) is 12.2 Å². The molecular weight excluding hydrogens is 212 g/mol. The summed E-state index contributed by atoms with van der Waals surface area (Å²) in [7, 11) is 0. The van der Waals surface area contributed by atoms with Crippen LogP contribution < -0.4 is 5.32 Å². The van der Waals surface area contributed by atoms with Gasteiger partial charge in [-0.05, 0) is 32.9 Å². The third-order valence-corrected chi connectivity index (χ3v) is 3.22. The predicted octanol–water partition coefficient (Wildman–Crippen LogP) is 2.04. The van der Waals surface area contributed by atoms with Gasteiger partial charge in [0, 0.05) is 19.6 Å². The van der Waals surface area contributed by atoms with Gasteiger partial charge in [-0.1, -0.05) is 26.0 Å². The van der Waals surface area contributed by atoms with Gasteiger partial charge < -0.3 is 10.1 Å². The van der Waals surface area contributed by atoms with E-state index in [-0.39, 0.29) is 0 Å². The van der Waals surface area contributed by atoms with Crippen LogP contribution in [-0.4, -0.2) is 49.8 Å². The third kappa shape index (κ3) is 5.66. The summed E-state index contributed by atoms with van der Waals surface area (Å²) in [5, 5.41) is 3.36. The molecule has 3 heteroatoms. The summed E-state index contributed by atoms with van der Waals surface area (Å²) in [4.78, 5) is 2.42. The lowest BCUT2D eigenvalue weighted by Crippen LogP contribution is -2.34. The molecule has 2 unspecified atom stereocenters. The van der Waals surface area contributed by atoms with Crippen LogP contribution in [-0.2, 0) is 4.74 Å². The van der Waals surface area contributed by atoms with E-state index in [1.165, 1.54) is 18.4 Å². The van der Waals surface area contributed by atoms with Crippen LogP contribution in [0.25, 0.3) is 0 Å². The van der Waals surface area contributed by atoms with Crippen LogP contribution in [0.1, 0.15) is 33.6 Å². The van der Waals surface area contributed by atoms with Crippen LogP contribution in [0.15, 0.2) is 12.2 Å². The molecule has 0 radical (unpaired) electrons. The number of ether oxygens (including phenoxy) is 1. The van der Waals surface area contributed by atoms with Crippen molar-refractivity contribution in [2.45, 2.75) is 45.8 Å². The zero-order valence-corrected chi connectivity index (χ0v) is 11.7. The standard InChI is InChI=1S/C14H28N2O/c1-5-15-9-13-7-8-14(17-13)11-16(6-2)10-12(3)4/h13-15H,3,5-11H2,1-2,4H3. The molecule has 100 valence electrons. The van der Waals surface area contributed by atoms with Crippen LogP contribution in [0.2, 0.25) is 0 Å². The van der Waals surface area contributed by atoms with Crippen molar-refractivity contribution in [3.05, 3.63) is 12.2 Å². The van der Waals surface area contributed by atoms with Gasteiger partial charge in [0.2, 0.25) is 0 Å². The maximum atomic E-state index is 6.04. The van der Waals surface area contributed by atoms with Gasteiger partial charge in [-0.3, -0.25) is 4.90 Å². The fourth-order valence-corrected chi connectivity index (χ4v) is 2.35. The number of hydrogen-bond donors (Lipinski definition) is 1. The maximum Gasteiger partial charge on any atom is 0.0707 e. The quantitative estimate of drug-likeness (QED) is 0.657. The van der Waals surface area contributed by atoms with E-state index in [9.17, 15) is 0 Å². The van der Waals surface area contributed by atoms with Crippen LogP contribution in [0, 0.1) is 0 Å². The van der Waals surface area contributed by atoms with Crippen LogP contribution in [0.5, 0.6) is 0 Å². The van der Waals surface area contributed by atoms with Gasteiger partial charge in [-0.25, -0.2) is 0 Å². The Balaban J connectivity index is 2.25. The van der Waals surface area contributed by atoms with Gasteiger partial charge in [0.05, 0.1) is 12.2 Å². The minimum absolute atomic E-state index is 0.415. The molecule has 0 spiro atoms. The summed E-state index contributed by atoms with van der Waals surface area (Å²) in [6.07, 6.45) is 3.23. The van der Waals surface area contributed by atoms with Gasteiger partial charge in [0.25, 0.3) is 0 Å². The third-order valence-electron chi connectivity index (χ3n) is 3.22. The second kappa shape index (κ2) is 7.85. The Morgan fingerprint density at radius 2 is 2.06 bits per heavy atom. The zero-order chi connectivity index (χ0) is 12.7. The number of hydrogen-bond acceptors (Lipinski definition) is 3. The molecule has 1 saturated heterocycles. The number of nitrogens with one attached hydrogen (secondary N) is 1. The Labute approximate surface area is 106 Å². The smallest absolute Gasteiger partial charge is 0.0707 e.